The second kappa shape index (κ2) is 5.35. The fourth-order valence-electron chi connectivity index (χ4n) is 1.28. The Labute approximate surface area is 96.7 Å². The number of rotatable bonds is 4. The molecule has 1 aromatic carbocycles. The van der Waals surface area contributed by atoms with E-state index in [4.69, 9.17) is 0 Å². The fraction of sp³-hybridized carbons (Fsp3) is 0.308. The molecule has 3 heteroatoms. The highest BCUT2D eigenvalue weighted by Gasteiger charge is 2.05. The predicted octanol–water partition coefficient (Wildman–Crippen LogP) is 2.69. The Morgan fingerprint density at radius 1 is 1.31 bits per heavy atom. The van der Waals surface area contributed by atoms with Gasteiger partial charge in [0.15, 0.2) is 0 Å². The van der Waals surface area contributed by atoms with Crippen LogP contribution in [0.4, 0.5) is 5.69 Å². The van der Waals surface area contributed by atoms with Gasteiger partial charge >= 0.3 is 0 Å². The summed E-state index contributed by atoms with van der Waals surface area (Å²) in [6, 6.07) is 5.92. The number of nitrogens with zero attached hydrogens (tertiary/aromatic N) is 1. The molecule has 1 amide bonds. The molecule has 3 nitrogen and oxygen atoms in total. The number of carbonyl (C=O) groups is 1. The smallest absolute Gasteiger partial charge is 0.232 e. The average Bonchev–Trinajstić information content (AvgIpc) is 2.29. The van der Waals surface area contributed by atoms with Crippen molar-refractivity contribution in [2.24, 2.45) is 0 Å². The minimum Gasteiger partial charge on any atom is -0.296 e. The van der Waals surface area contributed by atoms with E-state index in [0.29, 0.717) is 0 Å². The van der Waals surface area contributed by atoms with Crippen LogP contribution in [0.5, 0.6) is 0 Å². The van der Waals surface area contributed by atoms with E-state index in [-0.39, 0.29) is 0 Å². The molecular formula is C13H18N2O. The Morgan fingerprint density at radius 2 is 2.00 bits per heavy atom. The van der Waals surface area contributed by atoms with Crippen molar-refractivity contribution >= 4 is 12.1 Å². The van der Waals surface area contributed by atoms with Gasteiger partial charge in [-0.25, -0.2) is 5.01 Å². The second-order valence-electron chi connectivity index (χ2n) is 3.83. The molecule has 0 spiro atoms. The molecule has 16 heavy (non-hydrogen) atoms. The SMILES string of the molecule is C/C=C(/C)NN(C=O)c1ccc(C)c(C)c1. The first kappa shape index (κ1) is 12.3. The van der Waals surface area contributed by atoms with Crippen LogP contribution in [0.2, 0.25) is 0 Å². The van der Waals surface area contributed by atoms with Gasteiger partial charge in [-0.1, -0.05) is 12.1 Å². The van der Waals surface area contributed by atoms with Gasteiger partial charge < -0.3 is 0 Å². The zero-order chi connectivity index (χ0) is 12.1. The third-order valence-electron chi connectivity index (χ3n) is 2.60. The van der Waals surface area contributed by atoms with Crippen molar-refractivity contribution in [1.29, 1.82) is 0 Å². The summed E-state index contributed by atoms with van der Waals surface area (Å²) in [6.07, 6.45) is 2.69. The van der Waals surface area contributed by atoms with Crippen LogP contribution in [0.25, 0.3) is 0 Å². The molecule has 1 rings (SSSR count). The molecule has 86 valence electrons. The van der Waals surface area contributed by atoms with Crippen molar-refractivity contribution in [2.45, 2.75) is 27.7 Å². The van der Waals surface area contributed by atoms with Gasteiger partial charge in [0, 0.05) is 5.70 Å². The third-order valence-corrected chi connectivity index (χ3v) is 2.60. The summed E-state index contributed by atoms with van der Waals surface area (Å²) in [7, 11) is 0. The van der Waals surface area contributed by atoms with Crippen LogP contribution in [0.1, 0.15) is 25.0 Å². The highest BCUT2D eigenvalue weighted by atomic mass is 16.1. The molecule has 0 unspecified atom stereocenters. The van der Waals surface area contributed by atoms with Gasteiger partial charge in [-0.05, 0) is 51.0 Å². The van der Waals surface area contributed by atoms with Crippen molar-refractivity contribution in [1.82, 2.24) is 5.43 Å². The number of benzene rings is 1. The number of nitrogens with one attached hydrogen (secondary N) is 1. The van der Waals surface area contributed by atoms with Crippen LogP contribution in [-0.2, 0) is 4.79 Å². The van der Waals surface area contributed by atoms with Gasteiger partial charge in [-0.3, -0.25) is 10.2 Å². The topological polar surface area (TPSA) is 32.3 Å². The van der Waals surface area contributed by atoms with Crippen molar-refractivity contribution in [3.8, 4) is 0 Å². The molecule has 0 radical (unpaired) electrons. The van der Waals surface area contributed by atoms with Crippen LogP contribution < -0.4 is 10.4 Å². The molecule has 1 aromatic rings. The van der Waals surface area contributed by atoms with Gasteiger partial charge in [-0.2, -0.15) is 0 Å². The van der Waals surface area contributed by atoms with Gasteiger partial charge in [0.1, 0.15) is 0 Å². The molecule has 0 aliphatic rings. The summed E-state index contributed by atoms with van der Waals surface area (Å²) < 4.78 is 0. The Balaban J connectivity index is 2.95. The summed E-state index contributed by atoms with van der Waals surface area (Å²) in [5.41, 5.74) is 7.18. The van der Waals surface area contributed by atoms with Gasteiger partial charge in [0.05, 0.1) is 5.69 Å². The zero-order valence-corrected chi connectivity index (χ0v) is 10.2. The Morgan fingerprint density at radius 3 is 2.50 bits per heavy atom. The Kier molecular flexibility index (Phi) is 4.11. The predicted molar refractivity (Wildman–Crippen MR) is 67.0 cm³/mol. The normalized spacial score (nSPS) is 11.1. The van der Waals surface area contributed by atoms with Crippen LogP contribution in [0.3, 0.4) is 0 Å². The maximum absolute atomic E-state index is 11.0. The van der Waals surface area contributed by atoms with E-state index in [2.05, 4.69) is 12.3 Å². The van der Waals surface area contributed by atoms with Crippen LogP contribution in [-0.4, -0.2) is 6.41 Å². The highest BCUT2D eigenvalue weighted by molar-refractivity contribution is 5.74. The molecule has 0 aliphatic heterocycles. The van der Waals surface area contributed by atoms with E-state index >= 15 is 0 Å². The quantitative estimate of drug-likeness (QED) is 0.622. The number of aryl methyl sites for hydroxylation is 2. The summed E-state index contributed by atoms with van der Waals surface area (Å²) in [4.78, 5) is 11.0. The first-order chi connectivity index (χ1) is 7.58. The molecule has 0 saturated heterocycles. The number of hydrogen-bond acceptors (Lipinski definition) is 2. The average molecular weight is 218 g/mol. The van der Waals surface area contributed by atoms with E-state index < -0.39 is 0 Å². The fourth-order valence-corrected chi connectivity index (χ4v) is 1.28. The van der Waals surface area contributed by atoms with Crippen molar-refractivity contribution in [2.75, 3.05) is 5.01 Å². The highest BCUT2D eigenvalue weighted by Crippen LogP contribution is 2.16. The van der Waals surface area contributed by atoms with Crippen LogP contribution in [0, 0.1) is 13.8 Å². The summed E-state index contributed by atoms with van der Waals surface area (Å²) in [5, 5.41) is 1.47. The monoisotopic (exact) mass is 218 g/mol. The maximum atomic E-state index is 11.0. The van der Waals surface area contributed by atoms with Gasteiger partial charge in [0.2, 0.25) is 6.41 Å². The van der Waals surface area contributed by atoms with E-state index in [0.717, 1.165) is 17.8 Å². The lowest BCUT2D eigenvalue weighted by molar-refractivity contribution is -0.107. The lowest BCUT2D eigenvalue weighted by Gasteiger charge is -2.20. The van der Waals surface area contributed by atoms with Crippen molar-refractivity contribution in [3.63, 3.8) is 0 Å². The Hall–Kier alpha value is -1.77. The van der Waals surface area contributed by atoms with Gasteiger partial charge in [-0.15, -0.1) is 0 Å². The lowest BCUT2D eigenvalue weighted by Crippen LogP contribution is -2.35. The molecule has 1 N–H and O–H groups in total. The summed E-state index contributed by atoms with van der Waals surface area (Å²) >= 11 is 0. The number of carbonyl (C=O) groups excluding carboxylic acids is 1. The minimum absolute atomic E-state index is 0.775. The number of hydrogen-bond donors (Lipinski definition) is 1. The number of allylic oxidation sites excluding steroid dienone is 2. The molecule has 0 aliphatic carbocycles. The first-order valence-electron chi connectivity index (χ1n) is 5.30. The van der Waals surface area contributed by atoms with E-state index in [1.54, 1.807) is 0 Å². The van der Waals surface area contributed by atoms with Gasteiger partial charge in [0.25, 0.3) is 0 Å². The molecular weight excluding hydrogens is 200 g/mol. The number of anilines is 1. The number of amides is 1. The molecule has 0 aromatic heterocycles. The van der Waals surface area contributed by atoms with Crippen molar-refractivity contribution in [3.05, 3.63) is 41.1 Å². The molecule has 0 saturated carbocycles. The van der Waals surface area contributed by atoms with E-state index in [1.165, 1.54) is 16.1 Å². The number of hydrazine groups is 1. The standard InChI is InChI=1S/C13H18N2O/c1-5-12(4)14-15(9-16)13-7-6-10(2)11(3)8-13/h5-9,14H,1-4H3/b12-5-. The molecule has 0 atom stereocenters. The Bertz CT molecular complexity index is 410. The molecule has 0 heterocycles. The third kappa shape index (κ3) is 2.86. The summed E-state index contributed by atoms with van der Waals surface area (Å²) in [6.45, 7) is 7.92. The minimum atomic E-state index is 0.775. The zero-order valence-electron chi connectivity index (χ0n) is 10.2. The van der Waals surface area contributed by atoms with E-state index in [1.807, 2.05) is 45.0 Å². The first-order valence-corrected chi connectivity index (χ1v) is 5.30. The molecule has 0 fully saturated rings. The second-order valence-corrected chi connectivity index (χ2v) is 3.83. The van der Waals surface area contributed by atoms with E-state index in [9.17, 15) is 4.79 Å². The maximum Gasteiger partial charge on any atom is 0.232 e. The largest absolute Gasteiger partial charge is 0.296 e. The summed E-state index contributed by atoms with van der Waals surface area (Å²) in [5.74, 6) is 0. The molecule has 0 bridgehead atoms. The van der Waals surface area contributed by atoms with Crippen LogP contribution >= 0.6 is 0 Å². The van der Waals surface area contributed by atoms with Crippen LogP contribution in [0.15, 0.2) is 30.0 Å². The van der Waals surface area contributed by atoms with Crippen molar-refractivity contribution < 1.29 is 4.79 Å². The lowest BCUT2D eigenvalue weighted by atomic mass is 10.1.